The zero-order chi connectivity index (χ0) is 16.8. The topological polar surface area (TPSA) is 115 Å². The molecule has 0 bridgehead atoms. The van der Waals surface area contributed by atoms with Gasteiger partial charge in [-0.15, -0.1) is 0 Å². The van der Waals surface area contributed by atoms with Crippen LogP contribution in [0.15, 0.2) is 18.2 Å². The second-order valence-corrected chi connectivity index (χ2v) is 5.76. The number of carboxylic acid groups (broad SMARTS) is 2. The fraction of sp³-hybridized carbons (Fsp3) is 0.500. The van der Waals surface area contributed by atoms with Crippen molar-refractivity contribution in [3.63, 3.8) is 0 Å². The van der Waals surface area contributed by atoms with Crippen LogP contribution in [0.4, 0.5) is 0 Å². The molecular formula is C16H22O6. The molecule has 6 nitrogen and oxygen atoms in total. The molecule has 0 atom stereocenters. The molecule has 0 aromatic heterocycles. The molecule has 0 fully saturated rings. The van der Waals surface area contributed by atoms with Crippen LogP contribution < -0.4 is 0 Å². The number of rotatable bonds is 9. The molecular weight excluding hydrogens is 288 g/mol. The number of carboxylic acids is 2. The van der Waals surface area contributed by atoms with E-state index in [1.165, 1.54) is 12.1 Å². The van der Waals surface area contributed by atoms with E-state index < -0.39 is 17.4 Å². The molecule has 0 spiro atoms. The first-order chi connectivity index (χ1) is 10.2. The van der Waals surface area contributed by atoms with E-state index in [2.05, 4.69) is 0 Å². The van der Waals surface area contributed by atoms with Crippen LogP contribution in [0.25, 0.3) is 0 Å². The van der Waals surface area contributed by atoms with Crippen molar-refractivity contribution >= 4 is 11.9 Å². The maximum absolute atomic E-state index is 10.7. The molecule has 0 unspecified atom stereocenters. The number of phenols is 2. The van der Waals surface area contributed by atoms with Crippen molar-refractivity contribution in [1.29, 1.82) is 0 Å². The normalized spacial score (nSPS) is 11.3. The van der Waals surface area contributed by atoms with Crippen LogP contribution in [0.5, 0.6) is 11.5 Å². The minimum absolute atomic E-state index is 0.0212. The van der Waals surface area contributed by atoms with E-state index in [0.29, 0.717) is 31.2 Å². The van der Waals surface area contributed by atoms with E-state index in [0.717, 1.165) is 0 Å². The van der Waals surface area contributed by atoms with Crippen molar-refractivity contribution in [3.8, 4) is 11.5 Å². The molecule has 1 aromatic carbocycles. The third kappa shape index (κ3) is 5.27. The van der Waals surface area contributed by atoms with Gasteiger partial charge in [-0.05, 0) is 37.2 Å². The van der Waals surface area contributed by atoms with E-state index >= 15 is 0 Å². The summed E-state index contributed by atoms with van der Waals surface area (Å²) in [6.07, 6.45) is 1.92. The maximum Gasteiger partial charge on any atom is 0.303 e. The van der Waals surface area contributed by atoms with Crippen LogP contribution in [0, 0.1) is 0 Å². The summed E-state index contributed by atoms with van der Waals surface area (Å²) < 4.78 is 0. The molecule has 0 aliphatic heterocycles. The summed E-state index contributed by atoms with van der Waals surface area (Å²) in [7, 11) is 0. The molecule has 6 heteroatoms. The summed E-state index contributed by atoms with van der Waals surface area (Å²) >= 11 is 0. The predicted molar refractivity (Wildman–Crippen MR) is 80.1 cm³/mol. The third-order valence-electron chi connectivity index (χ3n) is 3.87. The smallest absolute Gasteiger partial charge is 0.303 e. The average Bonchev–Trinajstić information content (AvgIpc) is 2.37. The van der Waals surface area contributed by atoms with Crippen molar-refractivity contribution in [3.05, 3.63) is 23.8 Å². The standard InChI is InChI=1S/C16H22O6/c1-16(8-2-4-14(19)20,9-3-5-15(21)22)12-7-6-11(17)10-13(12)18/h6-7,10,17-18H,2-5,8-9H2,1H3,(H,19,20)(H,21,22). The van der Waals surface area contributed by atoms with Crippen LogP contribution in [0.2, 0.25) is 0 Å². The van der Waals surface area contributed by atoms with Crippen LogP contribution in [-0.4, -0.2) is 32.4 Å². The van der Waals surface area contributed by atoms with Crippen molar-refractivity contribution in [1.82, 2.24) is 0 Å². The van der Waals surface area contributed by atoms with Gasteiger partial charge in [-0.3, -0.25) is 9.59 Å². The summed E-state index contributed by atoms with van der Waals surface area (Å²) in [6.45, 7) is 1.88. The maximum atomic E-state index is 10.7. The molecule has 1 rings (SSSR count). The monoisotopic (exact) mass is 310 g/mol. The first-order valence-corrected chi connectivity index (χ1v) is 7.20. The highest BCUT2D eigenvalue weighted by atomic mass is 16.4. The molecule has 4 N–H and O–H groups in total. The van der Waals surface area contributed by atoms with Crippen molar-refractivity contribution in [2.24, 2.45) is 0 Å². The van der Waals surface area contributed by atoms with Gasteiger partial charge in [0, 0.05) is 24.5 Å². The molecule has 22 heavy (non-hydrogen) atoms. The summed E-state index contributed by atoms with van der Waals surface area (Å²) in [4.78, 5) is 21.4. The summed E-state index contributed by atoms with van der Waals surface area (Å²) in [6, 6.07) is 4.30. The molecule has 0 saturated heterocycles. The Kier molecular flexibility index (Phi) is 6.22. The minimum Gasteiger partial charge on any atom is -0.508 e. The Morgan fingerprint density at radius 1 is 1.00 bits per heavy atom. The number of hydrogen-bond donors (Lipinski definition) is 4. The zero-order valence-corrected chi connectivity index (χ0v) is 12.6. The summed E-state index contributed by atoms with van der Waals surface area (Å²) in [5.74, 6) is -1.89. The van der Waals surface area contributed by atoms with Gasteiger partial charge in [-0.25, -0.2) is 0 Å². The fourth-order valence-corrected chi connectivity index (χ4v) is 2.68. The molecule has 0 amide bonds. The lowest BCUT2D eigenvalue weighted by molar-refractivity contribution is -0.138. The van der Waals surface area contributed by atoms with Crippen LogP contribution in [0.1, 0.15) is 51.0 Å². The highest BCUT2D eigenvalue weighted by Crippen LogP contribution is 2.40. The van der Waals surface area contributed by atoms with Gasteiger partial charge in [0.1, 0.15) is 11.5 Å². The summed E-state index contributed by atoms with van der Waals surface area (Å²) in [5, 5.41) is 37.0. The van der Waals surface area contributed by atoms with Gasteiger partial charge in [0.2, 0.25) is 0 Å². The van der Waals surface area contributed by atoms with Crippen LogP contribution in [0.3, 0.4) is 0 Å². The van der Waals surface area contributed by atoms with E-state index in [-0.39, 0.29) is 24.3 Å². The number of aromatic hydroxyl groups is 2. The highest BCUT2D eigenvalue weighted by Gasteiger charge is 2.29. The van der Waals surface area contributed by atoms with Crippen LogP contribution >= 0.6 is 0 Å². The minimum atomic E-state index is -0.886. The van der Waals surface area contributed by atoms with E-state index in [1.54, 1.807) is 6.07 Å². The largest absolute Gasteiger partial charge is 0.508 e. The number of phenolic OH excluding ortho intramolecular Hbond substituents is 2. The second kappa shape index (κ2) is 7.68. The Hall–Kier alpha value is -2.24. The molecule has 0 radical (unpaired) electrons. The van der Waals surface area contributed by atoms with Gasteiger partial charge < -0.3 is 20.4 Å². The quantitative estimate of drug-likeness (QED) is 0.557. The molecule has 122 valence electrons. The number of carbonyl (C=O) groups is 2. The Labute approximate surface area is 129 Å². The van der Waals surface area contributed by atoms with Crippen LogP contribution in [-0.2, 0) is 15.0 Å². The first kappa shape index (κ1) is 17.8. The lowest BCUT2D eigenvalue weighted by atomic mass is 9.74. The molecule has 0 aliphatic rings. The highest BCUT2D eigenvalue weighted by molar-refractivity contribution is 5.67. The van der Waals surface area contributed by atoms with E-state index in [4.69, 9.17) is 10.2 Å². The molecule has 0 heterocycles. The van der Waals surface area contributed by atoms with E-state index in [1.807, 2.05) is 6.92 Å². The second-order valence-electron chi connectivity index (χ2n) is 5.76. The van der Waals surface area contributed by atoms with Gasteiger partial charge in [0.15, 0.2) is 0 Å². The van der Waals surface area contributed by atoms with E-state index in [9.17, 15) is 19.8 Å². The lowest BCUT2D eigenvalue weighted by Crippen LogP contribution is -2.23. The van der Waals surface area contributed by atoms with Gasteiger partial charge in [-0.2, -0.15) is 0 Å². The molecule has 0 saturated carbocycles. The van der Waals surface area contributed by atoms with Crippen molar-refractivity contribution in [2.75, 3.05) is 0 Å². The number of aliphatic carboxylic acids is 2. The van der Waals surface area contributed by atoms with Gasteiger partial charge in [-0.1, -0.05) is 13.0 Å². The molecule has 1 aromatic rings. The SMILES string of the molecule is CC(CCCC(=O)O)(CCCC(=O)O)c1ccc(O)cc1O. The van der Waals surface area contributed by atoms with Gasteiger partial charge in [0.25, 0.3) is 0 Å². The third-order valence-corrected chi connectivity index (χ3v) is 3.87. The number of hydrogen-bond acceptors (Lipinski definition) is 4. The Morgan fingerprint density at radius 2 is 1.50 bits per heavy atom. The van der Waals surface area contributed by atoms with Gasteiger partial charge in [0.05, 0.1) is 0 Å². The van der Waals surface area contributed by atoms with Crippen molar-refractivity contribution in [2.45, 2.75) is 50.9 Å². The van der Waals surface area contributed by atoms with Crippen molar-refractivity contribution < 1.29 is 30.0 Å². The van der Waals surface area contributed by atoms with Gasteiger partial charge >= 0.3 is 11.9 Å². The number of benzene rings is 1. The Bertz CT molecular complexity index is 517. The molecule has 0 aliphatic carbocycles. The first-order valence-electron chi connectivity index (χ1n) is 7.20. The average molecular weight is 310 g/mol. The fourth-order valence-electron chi connectivity index (χ4n) is 2.68. The lowest BCUT2D eigenvalue weighted by Gasteiger charge is -2.31. The Balaban J connectivity index is 2.92. The summed E-state index contributed by atoms with van der Waals surface area (Å²) in [5.41, 5.74) is 0.0592. The zero-order valence-electron chi connectivity index (χ0n) is 12.6. The predicted octanol–water partition coefficient (Wildman–Crippen LogP) is 2.87. The Morgan fingerprint density at radius 3 is 1.91 bits per heavy atom.